The zero-order chi connectivity index (χ0) is 7.86. The molecule has 0 saturated heterocycles. The standard InChI is InChI=1S/C3H4.C2H2O4/c1-3-2;3-1(4)2(5)6/h1H,2H3;(H,3,4)(H,5,6). The molecular weight excluding hydrogens is 124 g/mol. The van der Waals surface area contributed by atoms with Crippen molar-refractivity contribution in [3.63, 3.8) is 0 Å². The van der Waals surface area contributed by atoms with Crippen molar-refractivity contribution in [3.05, 3.63) is 0 Å². The summed E-state index contributed by atoms with van der Waals surface area (Å²) in [5.41, 5.74) is 0. The van der Waals surface area contributed by atoms with E-state index in [-0.39, 0.29) is 0 Å². The summed E-state index contributed by atoms with van der Waals surface area (Å²) >= 11 is 0. The van der Waals surface area contributed by atoms with Gasteiger partial charge >= 0.3 is 11.9 Å². The quantitative estimate of drug-likeness (QED) is 0.351. The highest BCUT2D eigenvalue weighted by Gasteiger charge is 2.04. The van der Waals surface area contributed by atoms with Crippen molar-refractivity contribution in [3.8, 4) is 12.3 Å². The molecule has 0 unspecified atom stereocenters. The van der Waals surface area contributed by atoms with Crippen LogP contribution in [0.15, 0.2) is 0 Å². The highest BCUT2D eigenvalue weighted by atomic mass is 16.4. The zero-order valence-corrected chi connectivity index (χ0v) is 4.79. The van der Waals surface area contributed by atoms with Crippen LogP contribution in [0.25, 0.3) is 0 Å². The summed E-state index contributed by atoms with van der Waals surface area (Å²) in [6, 6.07) is 0. The van der Waals surface area contributed by atoms with Crippen LogP contribution in [-0.2, 0) is 9.59 Å². The van der Waals surface area contributed by atoms with Crippen LogP contribution in [0, 0.1) is 12.3 Å². The number of hydrogen-bond donors (Lipinski definition) is 2. The maximum atomic E-state index is 9.10. The Morgan fingerprint density at radius 2 is 1.44 bits per heavy atom. The minimum absolute atomic E-state index is 1.65. The van der Waals surface area contributed by atoms with E-state index in [2.05, 4.69) is 12.3 Å². The Morgan fingerprint density at radius 1 is 1.33 bits per heavy atom. The summed E-state index contributed by atoms with van der Waals surface area (Å²) in [6.07, 6.45) is 4.60. The summed E-state index contributed by atoms with van der Waals surface area (Å²) in [7, 11) is 0. The fourth-order valence-electron chi connectivity index (χ4n) is 0. The smallest absolute Gasteiger partial charge is 0.414 e. The van der Waals surface area contributed by atoms with E-state index in [1.165, 1.54) is 0 Å². The second-order valence-corrected chi connectivity index (χ2v) is 0.899. The van der Waals surface area contributed by atoms with Crippen LogP contribution >= 0.6 is 0 Å². The average Bonchev–Trinajstić information content (AvgIpc) is 1.68. The average molecular weight is 130 g/mol. The first kappa shape index (κ1) is 10.5. The van der Waals surface area contributed by atoms with Gasteiger partial charge in [0.25, 0.3) is 0 Å². The minimum atomic E-state index is -1.82. The van der Waals surface area contributed by atoms with E-state index in [0.29, 0.717) is 0 Å². The number of carboxylic acids is 2. The van der Waals surface area contributed by atoms with E-state index in [9.17, 15) is 0 Å². The van der Waals surface area contributed by atoms with Gasteiger partial charge in [0.2, 0.25) is 0 Å². The molecular formula is C5H6O4. The fourth-order valence-corrected chi connectivity index (χ4v) is 0. The van der Waals surface area contributed by atoms with Gasteiger partial charge in [-0.15, -0.1) is 12.3 Å². The van der Waals surface area contributed by atoms with Crippen molar-refractivity contribution >= 4 is 11.9 Å². The van der Waals surface area contributed by atoms with E-state index in [4.69, 9.17) is 19.8 Å². The van der Waals surface area contributed by atoms with Crippen LogP contribution in [0.1, 0.15) is 6.92 Å². The van der Waals surface area contributed by atoms with Gasteiger partial charge in [0.1, 0.15) is 0 Å². The van der Waals surface area contributed by atoms with E-state index in [0.717, 1.165) is 0 Å². The Hall–Kier alpha value is -1.50. The molecule has 0 rings (SSSR count). The molecule has 0 radical (unpaired) electrons. The van der Waals surface area contributed by atoms with Gasteiger partial charge in [-0.1, -0.05) is 0 Å². The molecule has 0 aromatic carbocycles. The van der Waals surface area contributed by atoms with Gasteiger partial charge in [-0.25, -0.2) is 9.59 Å². The van der Waals surface area contributed by atoms with Gasteiger partial charge in [-0.3, -0.25) is 0 Å². The first-order valence-corrected chi connectivity index (χ1v) is 1.89. The molecule has 0 saturated carbocycles. The molecule has 0 spiro atoms. The Bertz CT molecular complexity index is 130. The van der Waals surface area contributed by atoms with E-state index in [1.54, 1.807) is 6.92 Å². The van der Waals surface area contributed by atoms with Gasteiger partial charge in [0.05, 0.1) is 0 Å². The molecule has 0 aromatic rings. The molecule has 0 fully saturated rings. The molecule has 0 atom stereocenters. The number of hydrogen-bond acceptors (Lipinski definition) is 2. The number of aliphatic carboxylic acids is 2. The summed E-state index contributed by atoms with van der Waals surface area (Å²) in [5.74, 6) is -1.40. The van der Waals surface area contributed by atoms with Gasteiger partial charge in [-0.05, 0) is 6.92 Å². The summed E-state index contributed by atoms with van der Waals surface area (Å²) in [5, 5.41) is 14.8. The van der Waals surface area contributed by atoms with Crippen LogP contribution in [-0.4, -0.2) is 22.2 Å². The van der Waals surface area contributed by atoms with Crippen LogP contribution in [0.3, 0.4) is 0 Å². The molecule has 0 aliphatic heterocycles. The van der Waals surface area contributed by atoms with Crippen molar-refractivity contribution in [2.45, 2.75) is 6.92 Å². The largest absolute Gasteiger partial charge is 0.473 e. The maximum absolute atomic E-state index is 9.10. The molecule has 4 heteroatoms. The molecule has 0 heterocycles. The minimum Gasteiger partial charge on any atom is -0.473 e. The van der Waals surface area contributed by atoms with Crippen LogP contribution in [0.2, 0.25) is 0 Å². The van der Waals surface area contributed by atoms with E-state index < -0.39 is 11.9 Å². The fraction of sp³-hybridized carbons (Fsp3) is 0.200. The molecule has 9 heavy (non-hydrogen) atoms. The predicted octanol–water partition coefficient (Wildman–Crippen LogP) is -0.205. The zero-order valence-electron chi connectivity index (χ0n) is 4.79. The molecule has 2 N–H and O–H groups in total. The SMILES string of the molecule is C#CC.O=C(O)C(=O)O. The van der Waals surface area contributed by atoms with Gasteiger partial charge in [-0.2, -0.15) is 0 Å². The van der Waals surface area contributed by atoms with Crippen LogP contribution < -0.4 is 0 Å². The third kappa shape index (κ3) is 21.1. The highest BCUT2D eigenvalue weighted by Crippen LogP contribution is 1.56. The first-order valence-electron chi connectivity index (χ1n) is 1.89. The third-order valence-electron chi connectivity index (χ3n) is 0.183. The van der Waals surface area contributed by atoms with Gasteiger partial charge in [0, 0.05) is 0 Å². The van der Waals surface area contributed by atoms with Crippen molar-refractivity contribution in [2.24, 2.45) is 0 Å². The van der Waals surface area contributed by atoms with Crippen LogP contribution in [0.4, 0.5) is 0 Å². The molecule has 0 aliphatic carbocycles. The number of carboxylic acid groups (broad SMARTS) is 2. The van der Waals surface area contributed by atoms with E-state index in [1.807, 2.05) is 0 Å². The second kappa shape index (κ2) is 6.50. The van der Waals surface area contributed by atoms with Gasteiger partial charge in [0.15, 0.2) is 0 Å². The molecule has 0 aliphatic rings. The predicted molar refractivity (Wildman–Crippen MR) is 29.8 cm³/mol. The van der Waals surface area contributed by atoms with Crippen LogP contribution in [0.5, 0.6) is 0 Å². The normalized spacial score (nSPS) is 5.78. The molecule has 0 bridgehead atoms. The molecule has 4 nitrogen and oxygen atoms in total. The monoisotopic (exact) mass is 130 g/mol. The lowest BCUT2D eigenvalue weighted by Crippen LogP contribution is -2.09. The molecule has 0 amide bonds. The van der Waals surface area contributed by atoms with Crippen molar-refractivity contribution in [1.82, 2.24) is 0 Å². The highest BCUT2D eigenvalue weighted by molar-refractivity contribution is 6.27. The third-order valence-corrected chi connectivity index (χ3v) is 0.183. The van der Waals surface area contributed by atoms with Gasteiger partial charge < -0.3 is 10.2 Å². The Kier molecular flexibility index (Phi) is 7.57. The molecule has 0 aromatic heterocycles. The maximum Gasteiger partial charge on any atom is 0.414 e. The lowest BCUT2D eigenvalue weighted by molar-refractivity contribution is -0.159. The number of rotatable bonds is 0. The second-order valence-electron chi connectivity index (χ2n) is 0.899. The topological polar surface area (TPSA) is 74.6 Å². The Labute approximate surface area is 52.1 Å². The molecule has 50 valence electrons. The Balaban J connectivity index is 0. The van der Waals surface area contributed by atoms with E-state index >= 15 is 0 Å². The summed E-state index contributed by atoms with van der Waals surface area (Å²) < 4.78 is 0. The lowest BCUT2D eigenvalue weighted by Gasteiger charge is -1.72. The summed E-state index contributed by atoms with van der Waals surface area (Å²) in [4.78, 5) is 18.2. The lowest BCUT2D eigenvalue weighted by atomic mass is 10.7. The first-order chi connectivity index (χ1) is 4.06. The van der Waals surface area contributed by atoms with Crippen molar-refractivity contribution in [1.29, 1.82) is 0 Å². The van der Waals surface area contributed by atoms with Crippen molar-refractivity contribution < 1.29 is 19.8 Å². The number of terminal acetylenes is 1. The summed E-state index contributed by atoms with van der Waals surface area (Å²) in [6.45, 7) is 1.65. The Morgan fingerprint density at radius 3 is 1.44 bits per heavy atom. The number of carbonyl (C=O) groups is 2. The van der Waals surface area contributed by atoms with Crippen molar-refractivity contribution in [2.75, 3.05) is 0 Å².